The van der Waals surface area contributed by atoms with Crippen molar-refractivity contribution in [2.45, 2.75) is 38.6 Å². The Morgan fingerprint density at radius 1 is 1.32 bits per heavy atom. The van der Waals surface area contributed by atoms with Crippen LogP contribution in [0.15, 0.2) is 4.99 Å². The van der Waals surface area contributed by atoms with Gasteiger partial charge < -0.3 is 15.4 Å². The highest BCUT2D eigenvalue weighted by Crippen LogP contribution is 2.18. The molecule has 0 saturated carbocycles. The van der Waals surface area contributed by atoms with Crippen LogP contribution in [-0.4, -0.2) is 63.8 Å². The molecule has 1 heterocycles. The van der Waals surface area contributed by atoms with Crippen molar-refractivity contribution in [2.24, 2.45) is 4.99 Å². The van der Waals surface area contributed by atoms with Crippen molar-refractivity contribution in [1.82, 2.24) is 15.5 Å². The van der Waals surface area contributed by atoms with Crippen LogP contribution < -0.4 is 10.6 Å². The molecule has 0 aromatic carbocycles. The van der Waals surface area contributed by atoms with Crippen LogP contribution >= 0.6 is 0 Å². The molecule has 1 aliphatic rings. The Balaban J connectivity index is 2.20. The van der Waals surface area contributed by atoms with Gasteiger partial charge in [0.1, 0.15) is 0 Å². The summed E-state index contributed by atoms with van der Waals surface area (Å²) in [6, 6.07) is 0.777. The number of piperidine rings is 1. The number of aliphatic imine (C=N–C) groups is 1. The van der Waals surface area contributed by atoms with E-state index in [1.807, 2.05) is 0 Å². The summed E-state index contributed by atoms with van der Waals surface area (Å²) in [5.41, 5.74) is 0. The molecule has 1 atom stereocenters. The molecule has 5 nitrogen and oxygen atoms in total. The van der Waals surface area contributed by atoms with Crippen LogP contribution in [0.25, 0.3) is 0 Å². The van der Waals surface area contributed by atoms with E-state index in [0.717, 1.165) is 31.6 Å². The summed E-state index contributed by atoms with van der Waals surface area (Å²) in [6.45, 7) is 7.08. The van der Waals surface area contributed by atoms with Crippen molar-refractivity contribution in [2.75, 3.05) is 46.9 Å². The number of methoxy groups -OCH3 is 1. The van der Waals surface area contributed by atoms with Gasteiger partial charge in [-0.2, -0.15) is 0 Å². The molecule has 0 aromatic rings. The van der Waals surface area contributed by atoms with E-state index in [1.165, 1.54) is 32.2 Å². The highest BCUT2D eigenvalue weighted by Gasteiger charge is 2.19. The fraction of sp³-hybridized carbons (Fsp3) is 0.929. The average molecular weight is 270 g/mol. The largest absolute Gasteiger partial charge is 0.383 e. The Morgan fingerprint density at radius 2 is 2.11 bits per heavy atom. The van der Waals surface area contributed by atoms with Gasteiger partial charge in [0.25, 0.3) is 0 Å². The van der Waals surface area contributed by atoms with Gasteiger partial charge in [-0.1, -0.05) is 13.3 Å². The first-order valence-corrected chi connectivity index (χ1v) is 7.49. The Kier molecular flexibility index (Phi) is 8.58. The summed E-state index contributed by atoms with van der Waals surface area (Å²) in [5, 5.41) is 6.59. The molecule has 19 heavy (non-hydrogen) atoms. The maximum Gasteiger partial charge on any atom is 0.191 e. The van der Waals surface area contributed by atoms with E-state index >= 15 is 0 Å². The van der Waals surface area contributed by atoms with E-state index < -0.39 is 0 Å². The van der Waals surface area contributed by atoms with Crippen molar-refractivity contribution in [3.8, 4) is 0 Å². The van der Waals surface area contributed by atoms with Crippen LogP contribution in [0.4, 0.5) is 0 Å². The second kappa shape index (κ2) is 10.0. The summed E-state index contributed by atoms with van der Waals surface area (Å²) in [5.74, 6) is 0.863. The molecule has 2 N–H and O–H groups in total. The first-order chi connectivity index (χ1) is 9.31. The highest BCUT2D eigenvalue weighted by molar-refractivity contribution is 5.79. The molecule has 1 fully saturated rings. The van der Waals surface area contributed by atoms with Gasteiger partial charge in [0, 0.05) is 39.8 Å². The lowest BCUT2D eigenvalue weighted by molar-refractivity contribution is 0.147. The molecule has 1 unspecified atom stereocenters. The van der Waals surface area contributed by atoms with Crippen molar-refractivity contribution in [1.29, 1.82) is 0 Å². The van der Waals surface area contributed by atoms with Crippen molar-refractivity contribution < 1.29 is 4.74 Å². The van der Waals surface area contributed by atoms with E-state index in [9.17, 15) is 0 Å². The zero-order valence-corrected chi connectivity index (χ0v) is 12.7. The topological polar surface area (TPSA) is 48.9 Å². The first-order valence-electron chi connectivity index (χ1n) is 7.49. The number of hydrogen-bond donors (Lipinski definition) is 2. The third kappa shape index (κ3) is 6.25. The van der Waals surface area contributed by atoms with E-state index in [4.69, 9.17) is 4.74 Å². The van der Waals surface area contributed by atoms with E-state index in [2.05, 4.69) is 27.4 Å². The molecule has 1 saturated heterocycles. The number of likely N-dealkylation sites (tertiary alicyclic amines) is 1. The van der Waals surface area contributed by atoms with Gasteiger partial charge in [0.15, 0.2) is 5.96 Å². The maximum absolute atomic E-state index is 5.01. The molecule has 0 spiro atoms. The minimum atomic E-state index is 0.699. The second-order valence-electron chi connectivity index (χ2n) is 5.01. The van der Waals surface area contributed by atoms with Gasteiger partial charge in [-0.05, 0) is 25.8 Å². The zero-order chi connectivity index (χ0) is 13.9. The second-order valence-corrected chi connectivity index (χ2v) is 5.01. The van der Waals surface area contributed by atoms with E-state index in [0.29, 0.717) is 6.61 Å². The normalized spacial score (nSPS) is 21.4. The number of nitrogens with zero attached hydrogens (tertiary/aromatic N) is 2. The summed E-state index contributed by atoms with van der Waals surface area (Å²) in [6.07, 6.45) is 5.36. The number of rotatable bonds is 7. The highest BCUT2D eigenvalue weighted by atomic mass is 16.5. The molecule has 0 bridgehead atoms. The van der Waals surface area contributed by atoms with Gasteiger partial charge >= 0.3 is 0 Å². The Hall–Kier alpha value is -0.810. The van der Waals surface area contributed by atoms with Crippen LogP contribution in [0, 0.1) is 0 Å². The van der Waals surface area contributed by atoms with Gasteiger partial charge in [-0.3, -0.25) is 9.89 Å². The quantitative estimate of drug-likeness (QED) is 0.413. The molecule has 0 aromatic heterocycles. The van der Waals surface area contributed by atoms with Crippen LogP contribution in [0.2, 0.25) is 0 Å². The standard InChI is InChI=1S/C14H30N4O/c1-4-13-7-5-6-10-18(13)11-8-16-14(15-2)17-9-12-19-3/h13H,4-12H2,1-3H3,(H2,15,16,17). The fourth-order valence-electron chi connectivity index (χ4n) is 2.63. The van der Waals surface area contributed by atoms with Gasteiger partial charge in [-0.25, -0.2) is 0 Å². The third-order valence-electron chi connectivity index (χ3n) is 3.73. The van der Waals surface area contributed by atoms with Crippen molar-refractivity contribution >= 4 is 5.96 Å². The molecular formula is C14H30N4O. The monoisotopic (exact) mass is 270 g/mol. The predicted octanol–water partition coefficient (Wildman–Crippen LogP) is 1.06. The fourth-order valence-corrected chi connectivity index (χ4v) is 2.63. The van der Waals surface area contributed by atoms with Crippen LogP contribution in [0.5, 0.6) is 0 Å². The molecule has 1 rings (SSSR count). The van der Waals surface area contributed by atoms with Crippen molar-refractivity contribution in [3.63, 3.8) is 0 Å². The van der Waals surface area contributed by atoms with Gasteiger partial charge in [-0.15, -0.1) is 0 Å². The molecule has 5 heteroatoms. The summed E-state index contributed by atoms with van der Waals surface area (Å²) in [4.78, 5) is 6.81. The van der Waals surface area contributed by atoms with Crippen LogP contribution in [0.1, 0.15) is 32.6 Å². The lowest BCUT2D eigenvalue weighted by atomic mass is 10.0. The van der Waals surface area contributed by atoms with Gasteiger partial charge in [0.05, 0.1) is 6.61 Å². The van der Waals surface area contributed by atoms with E-state index in [-0.39, 0.29) is 0 Å². The Labute approximate surface area is 117 Å². The molecular weight excluding hydrogens is 240 g/mol. The number of nitrogens with one attached hydrogen (secondary N) is 2. The molecule has 0 amide bonds. The number of guanidine groups is 1. The maximum atomic E-state index is 5.01. The Bertz CT molecular complexity index is 258. The third-order valence-corrected chi connectivity index (χ3v) is 3.73. The lowest BCUT2D eigenvalue weighted by Gasteiger charge is -2.35. The summed E-state index contributed by atoms with van der Waals surface area (Å²) in [7, 11) is 3.51. The smallest absolute Gasteiger partial charge is 0.191 e. The molecule has 0 radical (unpaired) electrons. The van der Waals surface area contributed by atoms with Crippen molar-refractivity contribution in [3.05, 3.63) is 0 Å². The number of ether oxygens (including phenoxy) is 1. The van der Waals surface area contributed by atoms with Crippen LogP contribution in [-0.2, 0) is 4.74 Å². The zero-order valence-electron chi connectivity index (χ0n) is 12.7. The summed E-state index contributed by atoms with van der Waals surface area (Å²) < 4.78 is 5.01. The molecule has 0 aliphatic carbocycles. The summed E-state index contributed by atoms with van der Waals surface area (Å²) >= 11 is 0. The molecule has 112 valence electrons. The predicted molar refractivity (Wildman–Crippen MR) is 80.7 cm³/mol. The minimum absolute atomic E-state index is 0.699. The van der Waals surface area contributed by atoms with Gasteiger partial charge in [0.2, 0.25) is 0 Å². The molecule has 1 aliphatic heterocycles. The SMILES string of the molecule is CCC1CCCCN1CCNC(=NC)NCCOC. The Morgan fingerprint density at radius 3 is 2.79 bits per heavy atom. The number of hydrogen-bond acceptors (Lipinski definition) is 3. The first kappa shape index (κ1) is 16.2. The van der Waals surface area contributed by atoms with Crippen LogP contribution in [0.3, 0.4) is 0 Å². The van der Waals surface area contributed by atoms with E-state index in [1.54, 1.807) is 14.2 Å². The minimum Gasteiger partial charge on any atom is -0.383 e. The average Bonchev–Trinajstić information content (AvgIpc) is 2.46. The lowest BCUT2D eigenvalue weighted by Crippen LogP contribution is -2.46.